The standard InChI is InChI=1S/2C14H11.C6H14.CH5Si.2ClH.Ti/c2*1-10-8-12-7-6-11-4-2-3-5-13(11)14(12)9-10;1-3-5-6-4-2;1-2;;;/h2*2-9H,1H3;3-6H2,1-2H3;2H2,1H3;2*1H;/q;;;;;;+2/p-2. The monoisotopic (exact) mass is 607 g/mol. The van der Waals surface area contributed by atoms with Crippen molar-refractivity contribution in [1.82, 2.24) is 0 Å². The normalized spacial score (nSPS) is 17.1. The molecular weight excluding hydrogens is 567 g/mol. The van der Waals surface area contributed by atoms with Gasteiger partial charge in [-0.1, -0.05) is 39.5 Å². The average Bonchev–Trinajstić information content (AvgIpc) is 3.45. The first-order valence-electron chi connectivity index (χ1n) is 14.3. The number of rotatable bonds is 6. The molecule has 0 amide bonds. The molecule has 2 atom stereocenters. The molecule has 4 aromatic carbocycles. The molecule has 0 saturated heterocycles. The summed E-state index contributed by atoms with van der Waals surface area (Å²) >= 11 is -1.42. The summed E-state index contributed by atoms with van der Waals surface area (Å²) in [6, 6.07) is 27.5. The van der Waals surface area contributed by atoms with Crippen molar-refractivity contribution in [3.8, 4) is 0 Å². The largest absolute Gasteiger partial charge is 1.00 e. The van der Waals surface area contributed by atoms with Gasteiger partial charge >= 0.3 is 193 Å². The summed E-state index contributed by atoms with van der Waals surface area (Å²) in [6.45, 7) is 11.9. The Bertz CT molecular complexity index is 1380. The molecule has 0 N–H and O–H groups in total. The van der Waals surface area contributed by atoms with Crippen LogP contribution in [0.2, 0.25) is 6.55 Å². The smallest absolute Gasteiger partial charge is 1.00 e. The summed E-state index contributed by atoms with van der Waals surface area (Å²) in [4.78, 5) is 0. The van der Waals surface area contributed by atoms with Crippen LogP contribution in [0, 0.1) is 0 Å². The number of hydrogen-bond donors (Lipinski definition) is 0. The molecule has 0 fully saturated rings. The summed E-state index contributed by atoms with van der Waals surface area (Å²) in [5.41, 5.74) is 9.51. The minimum absolute atomic E-state index is 0. The van der Waals surface area contributed by atoms with Gasteiger partial charge in [0.25, 0.3) is 0 Å². The van der Waals surface area contributed by atoms with Crippen molar-refractivity contribution in [3.05, 3.63) is 106 Å². The van der Waals surface area contributed by atoms with E-state index in [0.717, 1.165) is 0 Å². The molecule has 4 aromatic rings. The van der Waals surface area contributed by atoms with Gasteiger partial charge in [-0.2, -0.15) is 0 Å². The Hall–Kier alpha value is -1.61. The zero-order valence-electron chi connectivity index (χ0n) is 24.0. The third kappa shape index (κ3) is 6.19. The van der Waals surface area contributed by atoms with Crippen LogP contribution in [-0.4, -0.2) is 7.39 Å². The van der Waals surface area contributed by atoms with Gasteiger partial charge in [-0.15, -0.1) is 0 Å². The van der Waals surface area contributed by atoms with Gasteiger partial charge < -0.3 is 24.8 Å². The number of allylic oxidation sites excluding steroid dienone is 2. The van der Waals surface area contributed by atoms with Crippen LogP contribution in [-0.2, 0) is 17.1 Å². The fraction of sp³-hybridized carbons (Fsp3) is 0.314. The topological polar surface area (TPSA) is 0 Å². The molecule has 0 aliphatic heterocycles. The van der Waals surface area contributed by atoms with Gasteiger partial charge in [0.05, 0.1) is 0 Å². The van der Waals surface area contributed by atoms with E-state index < -0.39 is 17.1 Å². The van der Waals surface area contributed by atoms with Gasteiger partial charge in [-0.25, -0.2) is 0 Å². The van der Waals surface area contributed by atoms with E-state index in [1.807, 2.05) is 0 Å². The van der Waals surface area contributed by atoms with Crippen LogP contribution in [0.5, 0.6) is 0 Å². The predicted octanol–water partition coefficient (Wildman–Crippen LogP) is 3.95. The first kappa shape index (κ1) is 31.9. The van der Waals surface area contributed by atoms with Gasteiger partial charge in [0, 0.05) is 0 Å². The second kappa shape index (κ2) is 14.3. The van der Waals surface area contributed by atoms with Crippen LogP contribution >= 0.6 is 0 Å². The third-order valence-electron chi connectivity index (χ3n) is 8.39. The van der Waals surface area contributed by atoms with Crippen molar-refractivity contribution in [2.45, 2.75) is 68.4 Å². The molecule has 2 aliphatic carbocycles. The number of fused-ring (bicyclic) bond motifs is 6. The second-order valence-corrected chi connectivity index (χ2v) is 21.8. The molecule has 4 heteroatoms. The maximum absolute atomic E-state index is 2.59. The molecular formula is C35H41Cl2SiTi. The van der Waals surface area contributed by atoms with Crippen LogP contribution in [0.4, 0.5) is 0 Å². The van der Waals surface area contributed by atoms with Crippen LogP contribution in [0.15, 0.2) is 83.9 Å². The fourth-order valence-corrected chi connectivity index (χ4v) is 20.4. The predicted molar refractivity (Wildman–Crippen MR) is 165 cm³/mol. The number of unbranched alkanes of at least 4 members (excludes halogenated alkanes) is 3. The molecule has 0 radical (unpaired) electrons. The third-order valence-corrected chi connectivity index (χ3v) is 21.1. The Morgan fingerprint density at radius 3 is 1.41 bits per heavy atom. The summed E-state index contributed by atoms with van der Waals surface area (Å²) in [6.07, 6.45) is 10.6. The molecule has 2 unspecified atom stereocenters. The SMILES string of the molecule is CCCCCC.C[SiH2][Ti+2]([CH]1C(C)=Cc2c1ccc1ccccc21)[CH]1C(C)=Cc2c1ccc1ccccc21.[Cl-].[Cl-]. The molecule has 0 spiro atoms. The summed E-state index contributed by atoms with van der Waals surface area (Å²) in [7, 11) is -0.0914. The first-order valence-corrected chi connectivity index (χ1v) is 21.6. The number of benzene rings is 4. The van der Waals surface area contributed by atoms with Crippen molar-refractivity contribution in [2.75, 3.05) is 0 Å². The Morgan fingerprint density at radius 2 is 1.03 bits per heavy atom. The first-order chi connectivity index (χ1) is 18.1. The molecule has 0 aromatic heterocycles. The van der Waals surface area contributed by atoms with Crippen LogP contribution in [0.25, 0.3) is 33.7 Å². The van der Waals surface area contributed by atoms with Gasteiger partial charge in [-0.05, 0) is 0 Å². The van der Waals surface area contributed by atoms with E-state index in [4.69, 9.17) is 0 Å². The molecule has 0 nitrogen and oxygen atoms in total. The Morgan fingerprint density at radius 1 is 0.615 bits per heavy atom. The number of halogens is 2. The van der Waals surface area contributed by atoms with Crippen LogP contribution in [0.1, 0.15) is 84.1 Å². The minimum Gasteiger partial charge on any atom is -1.00 e. The van der Waals surface area contributed by atoms with E-state index >= 15 is 0 Å². The summed E-state index contributed by atoms with van der Waals surface area (Å²) < 4.78 is 1.42. The van der Waals surface area contributed by atoms with E-state index in [0.29, 0.717) is 8.45 Å². The molecule has 39 heavy (non-hydrogen) atoms. The molecule has 0 saturated carbocycles. The van der Waals surface area contributed by atoms with E-state index in [9.17, 15) is 0 Å². The van der Waals surface area contributed by atoms with E-state index in [1.54, 1.807) is 22.3 Å². The van der Waals surface area contributed by atoms with Gasteiger partial charge in [0.1, 0.15) is 0 Å². The maximum atomic E-state index is 2.59. The zero-order chi connectivity index (χ0) is 25.9. The van der Waals surface area contributed by atoms with Crippen molar-refractivity contribution >= 4 is 41.1 Å². The van der Waals surface area contributed by atoms with Gasteiger partial charge in [0.2, 0.25) is 0 Å². The average molecular weight is 609 g/mol. The quantitative estimate of drug-likeness (QED) is 0.230. The summed E-state index contributed by atoms with van der Waals surface area (Å²) in [5, 5.41) is 5.61. The molecule has 6 rings (SSSR count). The second-order valence-electron chi connectivity index (χ2n) is 10.9. The van der Waals surface area contributed by atoms with Gasteiger partial charge in [-0.3, -0.25) is 0 Å². The Balaban J connectivity index is 0.000000477. The molecule has 0 bridgehead atoms. The summed E-state index contributed by atoms with van der Waals surface area (Å²) in [5.74, 6) is 0. The Labute approximate surface area is 256 Å². The van der Waals surface area contributed by atoms with Crippen molar-refractivity contribution in [2.24, 2.45) is 0 Å². The van der Waals surface area contributed by atoms with Crippen molar-refractivity contribution in [1.29, 1.82) is 0 Å². The van der Waals surface area contributed by atoms with E-state index in [1.165, 1.54) is 58.4 Å². The van der Waals surface area contributed by atoms with E-state index in [-0.39, 0.29) is 32.2 Å². The van der Waals surface area contributed by atoms with E-state index in [2.05, 4.69) is 119 Å². The molecule has 0 heterocycles. The zero-order valence-corrected chi connectivity index (χ0v) is 28.5. The minimum atomic E-state index is -1.42. The van der Waals surface area contributed by atoms with Crippen LogP contribution in [0.3, 0.4) is 0 Å². The Kier molecular flexibility index (Phi) is 11.7. The number of hydrogen-bond acceptors (Lipinski definition) is 0. The van der Waals surface area contributed by atoms with Crippen molar-refractivity contribution in [3.63, 3.8) is 0 Å². The van der Waals surface area contributed by atoms with Gasteiger partial charge in [0.15, 0.2) is 0 Å². The van der Waals surface area contributed by atoms with Crippen molar-refractivity contribution < 1.29 is 41.9 Å². The molecule has 203 valence electrons. The fourth-order valence-electron chi connectivity index (χ4n) is 6.62. The molecule has 2 aliphatic rings. The van der Waals surface area contributed by atoms with Crippen LogP contribution < -0.4 is 24.8 Å². The maximum Gasteiger partial charge on any atom is -1.00 e.